The first-order chi connectivity index (χ1) is 5.92. The highest BCUT2D eigenvalue weighted by atomic mass is 32.1. The van der Waals surface area contributed by atoms with Crippen LogP contribution >= 0.6 is 11.3 Å². The van der Waals surface area contributed by atoms with E-state index in [2.05, 4.69) is 17.5 Å². The van der Waals surface area contributed by atoms with Crippen LogP contribution in [0.15, 0.2) is 29.6 Å². The lowest BCUT2D eigenvalue weighted by molar-refractivity contribution is -0.107. The van der Waals surface area contributed by atoms with Crippen molar-refractivity contribution in [3.8, 4) is 0 Å². The van der Waals surface area contributed by atoms with E-state index < -0.39 is 0 Å². The van der Waals surface area contributed by atoms with Crippen LogP contribution in [0, 0.1) is 0 Å². The van der Waals surface area contributed by atoms with E-state index in [0.29, 0.717) is 6.42 Å². The average molecular weight is 176 g/mol. The number of carbonyl (C=O) groups excluding carboxylic acids is 1. The molecule has 0 fully saturated rings. The molecular weight excluding hydrogens is 168 g/mol. The molecule has 0 aliphatic heterocycles. The summed E-state index contributed by atoms with van der Waals surface area (Å²) < 4.78 is 1.26. The Morgan fingerprint density at radius 3 is 3.00 bits per heavy atom. The van der Waals surface area contributed by atoms with Crippen molar-refractivity contribution in [2.24, 2.45) is 0 Å². The maximum absolute atomic E-state index is 10.3. The molecule has 0 N–H and O–H groups in total. The quantitative estimate of drug-likeness (QED) is 0.643. The van der Waals surface area contributed by atoms with Crippen LogP contribution in [0.4, 0.5) is 0 Å². The van der Waals surface area contributed by atoms with E-state index >= 15 is 0 Å². The third-order valence-corrected chi connectivity index (χ3v) is 2.88. The molecule has 0 spiro atoms. The Kier molecular flexibility index (Phi) is 1.92. The minimum atomic E-state index is 0.532. The van der Waals surface area contributed by atoms with Crippen molar-refractivity contribution in [1.29, 1.82) is 0 Å². The van der Waals surface area contributed by atoms with Gasteiger partial charge in [-0.3, -0.25) is 0 Å². The number of benzene rings is 1. The molecule has 0 aliphatic carbocycles. The summed E-state index contributed by atoms with van der Waals surface area (Å²) in [7, 11) is 0. The third-order valence-electron chi connectivity index (χ3n) is 1.86. The fourth-order valence-corrected chi connectivity index (χ4v) is 2.26. The second kappa shape index (κ2) is 3.07. The minimum absolute atomic E-state index is 0.532. The zero-order valence-electron chi connectivity index (χ0n) is 6.49. The molecule has 2 rings (SSSR count). The van der Waals surface area contributed by atoms with Crippen molar-refractivity contribution in [2.45, 2.75) is 6.42 Å². The van der Waals surface area contributed by atoms with Gasteiger partial charge in [-0.15, -0.1) is 11.3 Å². The fourth-order valence-electron chi connectivity index (χ4n) is 1.28. The summed E-state index contributed by atoms with van der Waals surface area (Å²) in [6.07, 6.45) is 1.48. The zero-order chi connectivity index (χ0) is 8.39. The van der Waals surface area contributed by atoms with E-state index in [1.54, 1.807) is 11.3 Å². The van der Waals surface area contributed by atoms with Gasteiger partial charge in [-0.05, 0) is 22.4 Å². The van der Waals surface area contributed by atoms with Gasteiger partial charge in [0.15, 0.2) is 0 Å². The predicted molar refractivity (Wildman–Crippen MR) is 51.6 cm³/mol. The van der Waals surface area contributed by atoms with Gasteiger partial charge in [0.25, 0.3) is 0 Å². The second-order valence-corrected chi connectivity index (χ2v) is 3.54. The van der Waals surface area contributed by atoms with Crippen molar-refractivity contribution in [3.05, 3.63) is 35.2 Å². The largest absolute Gasteiger partial charge is 0.303 e. The Bertz CT molecular complexity index is 403. The van der Waals surface area contributed by atoms with Crippen LogP contribution < -0.4 is 0 Å². The van der Waals surface area contributed by atoms with Gasteiger partial charge in [0.05, 0.1) is 0 Å². The van der Waals surface area contributed by atoms with Crippen molar-refractivity contribution in [2.75, 3.05) is 0 Å². The fraction of sp³-hybridized carbons (Fsp3) is 0.100. The highest BCUT2D eigenvalue weighted by Crippen LogP contribution is 2.25. The van der Waals surface area contributed by atoms with Crippen LogP contribution in [0.2, 0.25) is 0 Å². The molecule has 1 aromatic carbocycles. The molecule has 0 bridgehead atoms. The Labute approximate surface area is 74.6 Å². The molecule has 1 heterocycles. The number of fused-ring (bicyclic) bond motifs is 1. The topological polar surface area (TPSA) is 17.1 Å². The SMILES string of the molecule is O=CCc1csc2ccccc12. The smallest absolute Gasteiger partial charge is 0.124 e. The van der Waals surface area contributed by atoms with Gasteiger partial charge in [0.2, 0.25) is 0 Å². The van der Waals surface area contributed by atoms with Crippen LogP contribution in [-0.4, -0.2) is 6.29 Å². The van der Waals surface area contributed by atoms with Crippen molar-refractivity contribution in [1.82, 2.24) is 0 Å². The Balaban J connectivity index is 2.62. The van der Waals surface area contributed by atoms with Gasteiger partial charge in [0.1, 0.15) is 6.29 Å². The molecule has 1 nitrogen and oxygen atoms in total. The van der Waals surface area contributed by atoms with Gasteiger partial charge in [0, 0.05) is 11.1 Å². The maximum atomic E-state index is 10.3. The number of carbonyl (C=O) groups is 1. The van der Waals surface area contributed by atoms with Crippen LogP contribution in [0.1, 0.15) is 5.56 Å². The normalized spacial score (nSPS) is 10.3. The van der Waals surface area contributed by atoms with Crippen molar-refractivity contribution >= 4 is 27.7 Å². The molecule has 2 heteroatoms. The summed E-state index contributed by atoms with van der Waals surface area (Å²) in [6.45, 7) is 0. The lowest BCUT2D eigenvalue weighted by atomic mass is 10.1. The molecule has 0 amide bonds. The average Bonchev–Trinajstić information content (AvgIpc) is 2.50. The van der Waals surface area contributed by atoms with Crippen LogP contribution in [-0.2, 0) is 11.2 Å². The molecule has 60 valence electrons. The number of rotatable bonds is 2. The number of hydrogen-bond donors (Lipinski definition) is 0. The summed E-state index contributed by atoms with van der Waals surface area (Å²) in [5.74, 6) is 0. The molecule has 1 aromatic heterocycles. The lowest BCUT2D eigenvalue weighted by Gasteiger charge is -1.90. The first kappa shape index (κ1) is 7.50. The first-order valence-corrected chi connectivity index (χ1v) is 4.68. The number of hydrogen-bond acceptors (Lipinski definition) is 2. The summed E-state index contributed by atoms with van der Waals surface area (Å²) in [6, 6.07) is 8.16. The Morgan fingerprint density at radius 2 is 2.17 bits per heavy atom. The monoisotopic (exact) mass is 176 g/mol. The molecule has 12 heavy (non-hydrogen) atoms. The summed E-state index contributed by atoms with van der Waals surface area (Å²) in [4.78, 5) is 10.3. The van der Waals surface area contributed by atoms with Gasteiger partial charge in [-0.25, -0.2) is 0 Å². The summed E-state index contributed by atoms with van der Waals surface area (Å²) in [5, 5.41) is 3.27. The van der Waals surface area contributed by atoms with E-state index in [0.717, 1.165) is 11.8 Å². The van der Waals surface area contributed by atoms with E-state index in [-0.39, 0.29) is 0 Å². The standard InChI is InChI=1S/C10H8OS/c11-6-5-8-7-12-10-4-2-1-3-9(8)10/h1-4,6-7H,5H2. The highest BCUT2D eigenvalue weighted by Gasteiger charge is 2.00. The third kappa shape index (κ3) is 1.14. The molecule has 0 saturated carbocycles. The van der Waals surface area contributed by atoms with Gasteiger partial charge in [-0.2, -0.15) is 0 Å². The van der Waals surface area contributed by atoms with Gasteiger partial charge in [-0.1, -0.05) is 18.2 Å². The molecule has 0 radical (unpaired) electrons. The Hall–Kier alpha value is -1.15. The zero-order valence-corrected chi connectivity index (χ0v) is 7.30. The lowest BCUT2D eigenvalue weighted by Crippen LogP contribution is -1.81. The number of aldehydes is 1. The minimum Gasteiger partial charge on any atom is -0.303 e. The van der Waals surface area contributed by atoms with E-state index in [9.17, 15) is 4.79 Å². The number of thiophene rings is 1. The van der Waals surface area contributed by atoms with Gasteiger partial charge < -0.3 is 4.79 Å². The molecule has 0 atom stereocenters. The molecule has 0 unspecified atom stereocenters. The van der Waals surface area contributed by atoms with E-state index in [4.69, 9.17) is 0 Å². The highest BCUT2D eigenvalue weighted by molar-refractivity contribution is 7.17. The van der Waals surface area contributed by atoms with Crippen molar-refractivity contribution in [3.63, 3.8) is 0 Å². The van der Waals surface area contributed by atoms with E-state index in [1.165, 1.54) is 10.1 Å². The predicted octanol–water partition coefficient (Wildman–Crippen LogP) is 2.64. The Morgan fingerprint density at radius 1 is 1.33 bits per heavy atom. The van der Waals surface area contributed by atoms with Crippen LogP contribution in [0.25, 0.3) is 10.1 Å². The van der Waals surface area contributed by atoms with Crippen molar-refractivity contribution < 1.29 is 4.79 Å². The van der Waals surface area contributed by atoms with E-state index in [1.807, 2.05) is 12.1 Å². The molecule has 0 saturated heterocycles. The van der Waals surface area contributed by atoms with Gasteiger partial charge >= 0.3 is 0 Å². The summed E-state index contributed by atoms with van der Waals surface area (Å²) in [5.41, 5.74) is 1.14. The molecule has 2 aromatic rings. The molecule has 0 aliphatic rings. The van der Waals surface area contributed by atoms with Crippen LogP contribution in [0.5, 0.6) is 0 Å². The molecular formula is C10H8OS. The summed E-state index contributed by atoms with van der Waals surface area (Å²) >= 11 is 1.69. The first-order valence-electron chi connectivity index (χ1n) is 3.80. The maximum Gasteiger partial charge on any atom is 0.124 e. The second-order valence-electron chi connectivity index (χ2n) is 2.63. The van der Waals surface area contributed by atoms with Crippen LogP contribution in [0.3, 0.4) is 0 Å².